The normalized spacial score (nSPS) is 10.6. The van der Waals surface area contributed by atoms with Crippen LogP contribution in [0.1, 0.15) is 21.5 Å². The number of halogens is 1. The van der Waals surface area contributed by atoms with Crippen LogP contribution in [-0.2, 0) is 12.2 Å². The lowest BCUT2D eigenvalue weighted by molar-refractivity contribution is 0.0992. The van der Waals surface area contributed by atoms with Gasteiger partial charge >= 0.3 is 7.12 Å². The monoisotopic (exact) mass is 381 g/mol. The van der Waals surface area contributed by atoms with E-state index in [1.807, 2.05) is 12.1 Å². The molecular formula is C20H17BFNO3S. The van der Waals surface area contributed by atoms with Crippen molar-refractivity contribution in [2.75, 3.05) is 0 Å². The molecule has 0 atom stereocenters. The molecule has 0 fully saturated rings. The standard InChI is InChI=1S/C20H17BFNO3S/c22-17-8-5-14(6-9-17)11-19(24)15-7-10-20(23-12-15)27-13-16-3-1-2-4-18(16)21(25)26/h1-10,12,25-26H,11,13H2. The number of aromatic nitrogens is 1. The van der Waals surface area contributed by atoms with E-state index < -0.39 is 7.12 Å². The fourth-order valence-corrected chi connectivity index (χ4v) is 3.45. The van der Waals surface area contributed by atoms with Crippen molar-refractivity contribution in [2.24, 2.45) is 0 Å². The lowest BCUT2D eigenvalue weighted by Crippen LogP contribution is -2.32. The molecular weight excluding hydrogens is 364 g/mol. The zero-order valence-corrected chi connectivity index (χ0v) is 15.2. The molecule has 2 N–H and O–H groups in total. The maximum absolute atomic E-state index is 12.9. The third-order valence-electron chi connectivity index (χ3n) is 4.05. The maximum Gasteiger partial charge on any atom is 0.488 e. The van der Waals surface area contributed by atoms with Gasteiger partial charge in [0.25, 0.3) is 0 Å². The Bertz CT molecular complexity index is 917. The summed E-state index contributed by atoms with van der Waals surface area (Å²) in [4.78, 5) is 16.6. The number of Topliss-reactive ketones (excluding diaryl/α,β-unsaturated/α-hetero) is 1. The van der Waals surface area contributed by atoms with Crippen molar-refractivity contribution in [3.05, 3.63) is 89.4 Å². The number of rotatable bonds is 7. The van der Waals surface area contributed by atoms with Crippen molar-refractivity contribution in [3.63, 3.8) is 0 Å². The second-order valence-electron chi connectivity index (χ2n) is 5.97. The van der Waals surface area contributed by atoms with E-state index in [4.69, 9.17) is 0 Å². The first-order valence-corrected chi connectivity index (χ1v) is 9.32. The van der Waals surface area contributed by atoms with Gasteiger partial charge in [0.2, 0.25) is 0 Å². The van der Waals surface area contributed by atoms with Crippen molar-refractivity contribution in [3.8, 4) is 0 Å². The van der Waals surface area contributed by atoms with E-state index in [0.29, 0.717) is 16.8 Å². The van der Waals surface area contributed by atoms with Crippen LogP contribution in [0.3, 0.4) is 0 Å². The minimum absolute atomic E-state index is 0.0839. The largest absolute Gasteiger partial charge is 0.488 e. The number of carbonyl (C=O) groups excluding carboxylic acids is 1. The van der Waals surface area contributed by atoms with Gasteiger partial charge in [-0.3, -0.25) is 4.79 Å². The van der Waals surface area contributed by atoms with Crippen LogP contribution in [0.25, 0.3) is 0 Å². The zero-order valence-electron chi connectivity index (χ0n) is 14.4. The summed E-state index contributed by atoms with van der Waals surface area (Å²) in [5.41, 5.74) is 2.53. The van der Waals surface area contributed by atoms with E-state index >= 15 is 0 Å². The molecule has 0 amide bonds. The van der Waals surface area contributed by atoms with Crippen LogP contribution < -0.4 is 5.46 Å². The maximum atomic E-state index is 12.9. The third kappa shape index (κ3) is 5.26. The van der Waals surface area contributed by atoms with E-state index in [1.54, 1.807) is 36.4 Å². The topological polar surface area (TPSA) is 70.4 Å². The first kappa shape index (κ1) is 19.3. The van der Waals surface area contributed by atoms with Gasteiger partial charge in [-0.1, -0.05) is 36.4 Å². The summed E-state index contributed by atoms with van der Waals surface area (Å²) in [5, 5.41) is 19.5. The molecule has 1 heterocycles. The highest BCUT2D eigenvalue weighted by Gasteiger charge is 2.15. The Kier molecular flexibility index (Phi) is 6.39. The molecule has 4 nitrogen and oxygen atoms in total. The van der Waals surface area contributed by atoms with Crippen LogP contribution in [0.2, 0.25) is 0 Å². The summed E-state index contributed by atoms with van der Waals surface area (Å²) >= 11 is 1.44. The Morgan fingerprint density at radius 1 is 1.04 bits per heavy atom. The average molecular weight is 381 g/mol. The lowest BCUT2D eigenvalue weighted by atomic mass is 9.77. The molecule has 3 aromatic rings. The van der Waals surface area contributed by atoms with Crippen molar-refractivity contribution in [1.82, 2.24) is 4.98 Å². The molecule has 0 radical (unpaired) electrons. The van der Waals surface area contributed by atoms with E-state index in [0.717, 1.165) is 16.2 Å². The molecule has 0 spiro atoms. The van der Waals surface area contributed by atoms with Gasteiger partial charge in [-0.25, -0.2) is 9.37 Å². The Morgan fingerprint density at radius 3 is 2.44 bits per heavy atom. The van der Waals surface area contributed by atoms with E-state index in [1.165, 1.54) is 30.1 Å². The second-order valence-corrected chi connectivity index (χ2v) is 6.97. The van der Waals surface area contributed by atoms with Crippen LogP contribution in [0.4, 0.5) is 4.39 Å². The van der Waals surface area contributed by atoms with Crippen molar-refractivity contribution < 1.29 is 19.2 Å². The van der Waals surface area contributed by atoms with Gasteiger partial charge < -0.3 is 10.0 Å². The number of pyridine rings is 1. The number of benzene rings is 2. The number of thioether (sulfide) groups is 1. The summed E-state index contributed by atoms with van der Waals surface area (Å²) in [5.74, 6) is 0.118. The summed E-state index contributed by atoms with van der Waals surface area (Å²) in [6.45, 7) is 0. The zero-order chi connectivity index (χ0) is 19.2. The molecule has 0 bridgehead atoms. The first-order chi connectivity index (χ1) is 13.0. The van der Waals surface area contributed by atoms with Gasteiger partial charge in [0.15, 0.2) is 5.78 Å². The average Bonchev–Trinajstić information content (AvgIpc) is 2.68. The molecule has 2 aromatic carbocycles. The predicted octanol–water partition coefficient (Wildman–Crippen LogP) is 2.62. The molecule has 136 valence electrons. The predicted molar refractivity (Wildman–Crippen MR) is 105 cm³/mol. The second kappa shape index (κ2) is 8.95. The summed E-state index contributed by atoms with van der Waals surface area (Å²) in [6.07, 6.45) is 1.72. The van der Waals surface area contributed by atoms with E-state index in [2.05, 4.69) is 4.98 Å². The minimum Gasteiger partial charge on any atom is -0.423 e. The van der Waals surface area contributed by atoms with Crippen LogP contribution in [-0.4, -0.2) is 27.9 Å². The molecule has 3 rings (SSSR count). The Hall–Kier alpha value is -2.48. The summed E-state index contributed by atoms with van der Waals surface area (Å²) in [6, 6.07) is 16.4. The van der Waals surface area contributed by atoms with Crippen molar-refractivity contribution >= 4 is 30.1 Å². The molecule has 7 heteroatoms. The molecule has 0 saturated heterocycles. The van der Waals surface area contributed by atoms with Gasteiger partial charge in [-0.15, -0.1) is 11.8 Å². The number of hydrogen-bond acceptors (Lipinski definition) is 5. The highest BCUT2D eigenvalue weighted by atomic mass is 32.2. The highest BCUT2D eigenvalue weighted by Crippen LogP contribution is 2.20. The van der Waals surface area contributed by atoms with E-state index in [9.17, 15) is 19.2 Å². The van der Waals surface area contributed by atoms with E-state index in [-0.39, 0.29) is 18.0 Å². The molecule has 0 aliphatic rings. The van der Waals surface area contributed by atoms with Gasteiger partial charge in [0.1, 0.15) is 5.82 Å². The van der Waals surface area contributed by atoms with Crippen LogP contribution in [0.5, 0.6) is 0 Å². The molecule has 0 aliphatic carbocycles. The Balaban J connectivity index is 1.62. The fourth-order valence-electron chi connectivity index (χ4n) is 2.59. The van der Waals surface area contributed by atoms with Gasteiger partial charge in [0, 0.05) is 23.9 Å². The molecule has 0 aliphatic heterocycles. The summed E-state index contributed by atoms with van der Waals surface area (Å²) in [7, 11) is -1.51. The highest BCUT2D eigenvalue weighted by molar-refractivity contribution is 7.98. The smallest absolute Gasteiger partial charge is 0.423 e. The molecule has 27 heavy (non-hydrogen) atoms. The number of ketones is 1. The Morgan fingerprint density at radius 2 is 1.78 bits per heavy atom. The number of carbonyl (C=O) groups is 1. The first-order valence-electron chi connectivity index (χ1n) is 8.33. The quantitative estimate of drug-likeness (QED) is 0.374. The molecule has 1 aromatic heterocycles. The van der Waals surface area contributed by atoms with Crippen LogP contribution in [0.15, 0.2) is 71.9 Å². The molecule has 0 saturated carbocycles. The van der Waals surface area contributed by atoms with Gasteiger partial charge in [0.05, 0.1) is 5.03 Å². The fraction of sp³-hybridized carbons (Fsp3) is 0.100. The SMILES string of the molecule is O=C(Cc1ccc(F)cc1)c1ccc(SCc2ccccc2B(O)O)nc1. The minimum atomic E-state index is -1.51. The lowest BCUT2D eigenvalue weighted by Gasteiger charge is -2.08. The van der Waals surface area contributed by atoms with Gasteiger partial charge in [-0.2, -0.15) is 0 Å². The number of nitrogens with zero attached hydrogens (tertiary/aromatic N) is 1. The number of hydrogen-bond donors (Lipinski definition) is 2. The molecule has 0 unspecified atom stereocenters. The Labute approximate surface area is 161 Å². The van der Waals surface area contributed by atoms with Crippen LogP contribution in [0, 0.1) is 5.82 Å². The van der Waals surface area contributed by atoms with Gasteiger partial charge in [-0.05, 0) is 40.9 Å². The third-order valence-corrected chi connectivity index (χ3v) is 5.04. The van der Waals surface area contributed by atoms with Crippen molar-refractivity contribution in [2.45, 2.75) is 17.2 Å². The van der Waals surface area contributed by atoms with Crippen molar-refractivity contribution in [1.29, 1.82) is 0 Å². The summed E-state index contributed by atoms with van der Waals surface area (Å²) < 4.78 is 12.9. The van der Waals surface area contributed by atoms with Crippen LogP contribution >= 0.6 is 11.8 Å².